The Hall–Kier alpha value is -2.94. The SMILES string of the molecule is CCOc1ccc(/C=N/NS(=O)(=O)c2cc(OC)ccc2OC)cc1OC. The zero-order valence-corrected chi connectivity index (χ0v) is 16.4. The number of hydrazone groups is 1. The van der Waals surface area contributed by atoms with Gasteiger partial charge in [-0.2, -0.15) is 18.4 Å². The number of hydrogen-bond acceptors (Lipinski definition) is 7. The molecule has 0 fully saturated rings. The maximum atomic E-state index is 12.5. The molecule has 1 N–H and O–H groups in total. The smallest absolute Gasteiger partial charge is 0.280 e. The summed E-state index contributed by atoms with van der Waals surface area (Å²) in [5, 5.41) is 3.82. The summed E-state index contributed by atoms with van der Waals surface area (Å²) in [5.41, 5.74) is 0.635. The quantitative estimate of drug-likeness (QED) is 0.518. The first-order chi connectivity index (χ1) is 12.9. The molecule has 27 heavy (non-hydrogen) atoms. The van der Waals surface area contributed by atoms with Gasteiger partial charge in [0.05, 0.1) is 34.2 Å². The van der Waals surface area contributed by atoms with Crippen molar-refractivity contribution in [2.75, 3.05) is 27.9 Å². The van der Waals surface area contributed by atoms with Crippen LogP contribution in [0.1, 0.15) is 12.5 Å². The molecule has 0 radical (unpaired) electrons. The number of ether oxygens (including phenoxy) is 4. The van der Waals surface area contributed by atoms with Gasteiger partial charge < -0.3 is 18.9 Å². The Labute approximate surface area is 158 Å². The van der Waals surface area contributed by atoms with Crippen LogP contribution in [0.3, 0.4) is 0 Å². The first kappa shape index (κ1) is 20.4. The van der Waals surface area contributed by atoms with Gasteiger partial charge in [-0.05, 0) is 42.8 Å². The zero-order valence-electron chi connectivity index (χ0n) is 15.6. The first-order valence-electron chi connectivity index (χ1n) is 8.03. The Bertz CT molecular complexity index is 912. The summed E-state index contributed by atoms with van der Waals surface area (Å²) in [7, 11) is 0.410. The molecule has 0 aromatic heterocycles. The standard InChI is InChI=1S/C18H22N2O6S/c1-5-26-15-8-6-13(10-17(15)25-4)12-19-20-27(21,22)18-11-14(23-2)7-9-16(18)24-3/h6-12,20H,5H2,1-4H3/b19-12+. The predicted octanol–water partition coefficient (Wildman–Crippen LogP) is 2.42. The van der Waals surface area contributed by atoms with Gasteiger partial charge in [-0.3, -0.25) is 0 Å². The second-order valence-electron chi connectivity index (χ2n) is 5.21. The molecule has 2 rings (SSSR count). The van der Waals surface area contributed by atoms with Crippen molar-refractivity contribution in [3.05, 3.63) is 42.0 Å². The van der Waals surface area contributed by atoms with E-state index in [-0.39, 0.29) is 10.6 Å². The van der Waals surface area contributed by atoms with Crippen LogP contribution >= 0.6 is 0 Å². The van der Waals surface area contributed by atoms with E-state index in [1.807, 2.05) is 6.92 Å². The second kappa shape index (κ2) is 9.13. The lowest BCUT2D eigenvalue weighted by Crippen LogP contribution is -2.19. The largest absolute Gasteiger partial charge is 0.497 e. The second-order valence-corrected chi connectivity index (χ2v) is 6.84. The molecular formula is C18H22N2O6S. The molecule has 0 unspecified atom stereocenters. The molecule has 0 aliphatic carbocycles. The number of hydrogen-bond donors (Lipinski definition) is 1. The molecule has 0 spiro atoms. The lowest BCUT2D eigenvalue weighted by Gasteiger charge is -2.11. The fourth-order valence-electron chi connectivity index (χ4n) is 2.25. The van der Waals surface area contributed by atoms with Gasteiger partial charge >= 0.3 is 0 Å². The van der Waals surface area contributed by atoms with E-state index in [1.54, 1.807) is 24.3 Å². The average molecular weight is 394 g/mol. The fourth-order valence-corrected chi connectivity index (χ4v) is 3.23. The molecule has 0 aliphatic rings. The van der Waals surface area contributed by atoms with Crippen molar-refractivity contribution in [3.8, 4) is 23.0 Å². The van der Waals surface area contributed by atoms with Crippen molar-refractivity contribution >= 4 is 16.2 Å². The lowest BCUT2D eigenvalue weighted by molar-refractivity contribution is 0.311. The van der Waals surface area contributed by atoms with E-state index in [0.717, 1.165) is 0 Å². The van der Waals surface area contributed by atoms with Crippen LogP contribution in [0.15, 0.2) is 46.4 Å². The predicted molar refractivity (Wildman–Crippen MR) is 102 cm³/mol. The van der Waals surface area contributed by atoms with Crippen molar-refractivity contribution in [1.29, 1.82) is 0 Å². The molecule has 8 nitrogen and oxygen atoms in total. The third-order valence-corrected chi connectivity index (χ3v) is 4.78. The Morgan fingerprint density at radius 3 is 2.30 bits per heavy atom. The van der Waals surface area contributed by atoms with E-state index < -0.39 is 10.0 Å². The van der Waals surface area contributed by atoms with Crippen molar-refractivity contribution < 1.29 is 27.4 Å². The molecule has 0 aliphatic heterocycles. The average Bonchev–Trinajstić information content (AvgIpc) is 2.68. The molecular weight excluding hydrogens is 372 g/mol. The Balaban J connectivity index is 2.22. The molecule has 2 aromatic rings. The van der Waals surface area contributed by atoms with Gasteiger partial charge in [0.2, 0.25) is 0 Å². The van der Waals surface area contributed by atoms with Gasteiger partial charge in [-0.25, -0.2) is 0 Å². The van der Waals surface area contributed by atoms with Crippen molar-refractivity contribution in [2.24, 2.45) is 5.10 Å². The molecule has 0 amide bonds. The number of methoxy groups -OCH3 is 3. The van der Waals surface area contributed by atoms with Gasteiger partial charge in [0.1, 0.15) is 16.4 Å². The topological polar surface area (TPSA) is 95.5 Å². The normalized spacial score (nSPS) is 11.3. The summed E-state index contributed by atoms with van der Waals surface area (Å²) < 4.78 is 45.9. The highest BCUT2D eigenvalue weighted by Gasteiger charge is 2.20. The number of nitrogens with zero attached hydrogens (tertiary/aromatic N) is 1. The van der Waals surface area contributed by atoms with E-state index in [4.69, 9.17) is 18.9 Å². The molecule has 0 bridgehead atoms. The summed E-state index contributed by atoms with van der Waals surface area (Å²) in [6.07, 6.45) is 1.36. The summed E-state index contributed by atoms with van der Waals surface area (Å²) in [5.74, 6) is 1.69. The number of rotatable bonds is 9. The maximum Gasteiger partial charge on any atom is 0.280 e. The minimum absolute atomic E-state index is 0.0780. The Morgan fingerprint density at radius 1 is 0.963 bits per heavy atom. The van der Waals surface area contributed by atoms with Crippen LogP contribution in [0.25, 0.3) is 0 Å². The van der Waals surface area contributed by atoms with Crippen molar-refractivity contribution in [1.82, 2.24) is 4.83 Å². The van der Waals surface area contributed by atoms with E-state index in [0.29, 0.717) is 29.4 Å². The van der Waals surface area contributed by atoms with Crippen LogP contribution in [0, 0.1) is 0 Å². The summed E-state index contributed by atoms with van der Waals surface area (Å²) in [6.45, 7) is 2.38. The highest BCUT2D eigenvalue weighted by atomic mass is 32.2. The molecule has 2 aromatic carbocycles. The van der Waals surface area contributed by atoms with Gasteiger partial charge in [0.15, 0.2) is 11.5 Å². The highest BCUT2D eigenvalue weighted by Crippen LogP contribution is 2.29. The van der Waals surface area contributed by atoms with Gasteiger partial charge in [-0.1, -0.05) is 0 Å². The molecule has 0 atom stereocenters. The van der Waals surface area contributed by atoms with Crippen LogP contribution in [0.2, 0.25) is 0 Å². The molecule has 146 valence electrons. The third-order valence-electron chi connectivity index (χ3n) is 3.53. The van der Waals surface area contributed by atoms with Gasteiger partial charge in [0, 0.05) is 6.07 Å². The molecule has 9 heteroatoms. The van der Waals surface area contributed by atoms with Crippen LogP contribution in [-0.4, -0.2) is 42.6 Å². The summed E-state index contributed by atoms with van der Waals surface area (Å²) in [4.78, 5) is 2.08. The van der Waals surface area contributed by atoms with Crippen molar-refractivity contribution in [2.45, 2.75) is 11.8 Å². The zero-order chi connectivity index (χ0) is 19.9. The number of nitrogens with one attached hydrogen (secondary N) is 1. The van der Waals surface area contributed by atoms with Crippen LogP contribution < -0.4 is 23.8 Å². The third kappa shape index (κ3) is 5.04. The van der Waals surface area contributed by atoms with Crippen molar-refractivity contribution in [3.63, 3.8) is 0 Å². The molecule has 0 saturated carbocycles. The van der Waals surface area contributed by atoms with Gasteiger partial charge in [-0.15, -0.1) is 0 Å². The van der Waals surface area contributed by atoms with E-state index in [2.05, 4.69) is 9.93 Å². The summed E-state index contributed by atoms with van der Waals surface area (Å²) in [6, 6.07) is 9.62. The van der Waals surface area contributed by atoms with Crippen LogP contribution in [0.5, 0.6) is 23.0 Å². The van der Waals surface area contributed by atoms with E-state index in [1.165, 1.54) is 39.7 Å². The molecule has 0 saturated heterocycles. The first-order valence-corrected chi connectivity index (χ1v) is 9.51. The number of sulfonamides is 1. The highest BCUT2D eigenvalue weighted by molar-refractivity contribution is 7.89. The van der Waals surface area contributed by atoms with Gasteiger partial charge in [0.25, 0.3) is 10.0 Å². The minimum atomic E-state index is -3.95. The Morgan fingerprint density at radius 2 is 1.67 bits per heavy atom. The van der Waals surface area contributed by atoms with Crippen LogP contribution in [0.4, 0.5) is 0 Å². The minimum Gasteiger partial charge on any atom is -0.497 e. The lowest BCUT2D eigenvalue weighted by atomic mass is 10.2. The monoisotopic (exact) mass is 394 g/mol. The van der Waals surface area contributed by atoms with E-state index in [9.17, 15) is 8.42 Å². The summed E-state index contributed by atoms with van der Waals surface area (Å²) >= 11 is 0. The Kier molecular flexibility index (Phi) is 6.89. The van der Waals surface area contributed by atoms with E-state index >= 15 is 0 Å². The molecule has 0 heterocycles. The fraction of sp³-hybridized carbons (Fsp3) is 0.278. The van der Waals surface area contributed by atoms with Crippen LogP contribution in [-0.2, 0) is 10.0 Å². The maximum absolute atomic E-state index is 12.5. The number of benzene rings is 2.